The highest BCUT2D eigenvalue weighted by atomic mass is 16.5. The molecule has 0 bridgehead atoms. The summed E-state index contributed by atoms with van der Waals surface area (Å²) in [5.41, 5.74) is 12.6. The maximum Gasteiger partial charge on any atom is 0.226 e. The zero-order chi connectivity index (χ0) is 11.4. The highest BCUT2D eigenvalue weighted by molar-refractivity contribution is 5.83. The van der Waals surface area contributed by atoms with Gasteiger partial charge in [0.2, 0.25) is 5.91 Å². The summed E-state index contributed by atoms with van der Waals surface area (Å²) in [4.78, 5) is 11.2. The summed E-state index contributed by atoms with van der Waals surface area (Å²) >= 11 is 0. The molecule has 4 nitrogen and oxygen atoms in total. The van der Waals surface area contributed by atoms with Gasteiger partial charge in [-0.3, -0.25) is 4.79 Å². The van der Waals surface area contributed by atoms with E-state index >= 15 is 0 Å². The van der Waals surface area contributed by atoms with Crippen molar-refractivity contribution in [1.29, 1.82) is 0 Å². The number of amides is 1. The van der Waals surface area contributed by atoms with Gasteiger partial charge >= 0.3 is 0 Å². The third-order valence-electron chi connectivity index (χ3n) is 2.34. The fraction of sp³-hybridized carbons (Fsp3) is 0.364. The molecule has 0 radical (unpaired) electrons. The van der Waals surface area contributed by atoms with E-state index in [0.717, 1.165) is 11.1 Å². The zero-order valence-corrected chi connectivity index (χ0v) is 8.99. The summed E-state index contributed by atoms with van der Waals surface area (Å²) in [5, 5.41) is 0. The molecule has 0 fully saturated rings. The molecule has 1 aromatic rings. The minimum Gasteiger partial charge on any atom is -0.496 e. The van der Waals surface area contributed by atoms with Crippen molar-refractivity contribution >= 4 is 5.91 Å². The van der Waals surface area contributed by atoms with Gasteiger partial charge in [-0.1, -0.05) is 17.7 Å². The summed E-state index contributed by atoms with van der Waals surface area (Å²) < 4.78 is 5.17. The van der Waals surface area contributed by atoms with Crippen LogP contribution in [0.4, 0.5) is 0 Å². The van der Waals surface area contributed by atoms with Crippen LogP contribution in [0.5, 0.6) is 5.75 Å². The van der Waals surface area contributed by atoms with Crippen LogP contribution in [0.25, 0.3) is 0 Å². The quantitative estimate of drug-likeness (QED) is 0.757. The van der Waals surface area contributed by atoms with Gasteiger partial charge in [0.05, 0.1) is 13.0 Å². The highest BCUT2D eigenvalue weighted by Crippen LogP contribution is 2.26. The molecule has 0 saturated heterocycles. The molecule has 82 valence electrons. The Morgan fingerprint density at radius 2 is 2.20 bits per heavy atom. The maximum absolute atomic E-state index is 11.2. The molecule has 1 atom stereocenters. The van der Waals surface area contributed by atoms with Crippen LogP contribution in [0.1, 0.15) is 17.0 Å². The van der Waals surface area contributed by atoms with Crippen molar-refractivity contribution in [3.05, 3.63) is 29.3 Å². The van der Waals surface area contributed by atoms with Gasteiger partial charge in [-0.05, 0) is 13.0 Å². The number of aryl methyl sites for hydroxylation is 1. The molecule has 0 aliphatic rings. The first kappa shape index (κ1) is 11.5. The second-order valence-electron chi connectivity index (χ2n) is 3.44. The van der Waals surface area contributed by atoms with E-state index in [0.29, 0.717) is 5.75 Å². The Hall–Kier alpha value is -1.55. The minimum atomic E-state index is -0.486. The second-order valence-corrected chi connectivity index (χ2v) is 3.44. The molecule has 0 heterocycles. The van der Waals surface area contributed by atoms with E-state index in [-0.39, 0.29) is 6.54 Å². The lowest BCUT2D eigenvalue weighted by molar-refractivity contribution is -0.119. The number of methoxy groups -OCH3 is 1. The van der Waals surface area contributed by atoms with Crippen LogP contribution in [-0.2, 0) is 4.79 Å². The Bertz CT molecular complexity index is 364. The van der Waals surface area contributed by atoms with Crippen molar-refractivity contribution in [1.82, 2.24) is 0 Å². The van der Waals surface area contributed by atoms with Crippen molar-refractivity contribution in [2.75, 3.05) is 13.7 Å². The summed E-state index contributed by atoms with van der Waals surface area (Å²) in [7, 11) is 1.56. The van der Waals surface area contributed by atoms with Crippen LogP contribution < -0.4 is 16.2 Å². The fourth-order valence-corrected chi connectivity index (χ4v) is 1.52. The lowest BCUT2D eigenvalue weighted by Gasteiger charge is -2.15. The average Bonchev–Trinajstić information content (AvgIpc) is 2.18. The number of carbonyl (C=O) groups is 1. The van der Waals surface area contributed by atoms with Gasteiger partial charge < -0.3 is 16.2 Å². The van der Waals surface area contributed by atoms with Gasteiger partial charge in [0.1, 0.15) is 5.75 Å². The molecular weight excluding hydrogens is 192 g/mol. The van der Waals surface area contributed by atoms with Gasteiger partial charge in [-0.25, -0.2) is 0 Å². The lowest BCUT2D eigenvalue weighted by Crippen LogP contribution is -2.28. The number of rotatable bonds is 4. The maximum atomic E-state index is 11.2. The molecule has 15 heavy (non-hydrogen) atoms. The van der Waals surface area contributed by atoms with Gasteiger partial charge in [0.25, 0.3) is 0 Å². The monoisotopic (exact) mass is 208 g/mol. The summed E-state index contributed by atoms with van der Waals surface area (Å²) in [6, 6.07) is 5.61. The zero-order valence-electron chi connectivity index (χ0n) is 8.99. The number of nitrogens with two attached hydrogens (primary N) is 2. The van der Waals surface area contributed by atoms with Crippen LogP contribution in [0.2, 0.25) is 0 Å². The third-order valence-corrected chi connectivity index (χ3v) is 2.34. The van der Waals surface area contributed by atoms with Crippen LogP contribution >= 0.6 is 0 Å². The van der Waals surface area contributed by atoms with E-state index in [1.807, 2.05) is 25.1 Å². The average molecular weight is 208 g/mol. The topological polar surface area (TPSA) is 78.3 Å². The molecule has 0 aliphatic carbocycles. The van der Waals surface area contributed by atoms with E-state index in [2.05, 4.69) is 0 Å². The number of carbonyl (C=O) groups excluding carboxylic acids is 1. The van der Waals surface area contributed by atoms with Gasteiger partial charge in [-0.15, -0.1) is 0 Å². The summed E-state index contributed by atoms with van der Waals surface area (Å²) in [5.74, 6) is -0.267. The van der Waals surface area contributed by atoms with Crippen molar-refractivity contribution in [2.45, 2.75) is 12.8 Å². The standard InChI is InChI=1S/C11H16N2O2/c1-7-3-4-10(15-2)8(5-7)9(6-12)11(13)14/h3-5,9H,6,12H2,1-2H3,(H2,13,14). The molecule has 0 aromatic heterocycles. The van der Waals surface area contributed by atoms with Gasteiger partial charge in [0, 0.05) is 12.1 Å². The minimum absolute atomic E-state index is 0.190. The molecule has 1 rings (SSSR count). The van der Waals surface area contributed by atoms with Crippen molar-refractivity contribution < 1.29 is 9.53 Å². The number of hydrogen-bond donors (Lipinski definition) is 2. The third kappa shape index (κ3) is 2.47. The molecule has 1 unspecified atom stereocenters. The van der Waals surface area contributed by atoms with E-state index in [1.165, 1.54) is 0 Å². The smallest absolute Gasteiger partial charge is 0.226 e. The first-order valence-corrected chi connectivity index (χ1v) is 4.74. The van der Waals surface area contributed by atoms with E-state index in [4.69, 9.17) is 16.2 Å². The molecule has 4 heteroatoms. The van der Waals surface area contributed by atoms with Crippen molar-refractivity contribution in [2.24, 2.45) is 11.5 Å². The number of benzene rings is 1. The summed E-state index contributed by atoms with van der Waals surface area (Å²) in [6.07, 6.45) is 0. The molecule has 1 amide bonds. The first-order valence-electron chi connectivity index (χ1n) is 4.74. The normalized spacial score (nSPS) is 12.2. The highest BCUT2D eigenvalue weighted by Gasteiger charge is 2.19. The second kappa shape index (κ2) is 4.79. The van der Waals surface area contributed by atoms with Crippen LogP contribution in [0.15, 0.2) is 18.2 Å². The lowest BCUT2D eigenvalue weighted by atomic mass is 9.96. The van der Waals surface area contributed by atoms with Crippen LogP contribution in [-0.4, -0.2) is 19.6 Å². The van der Waals surface area contributed by atoms with Gasteiger partial charge in [-0.2, -0.15) is 0 Å². The number of ether oxygens (including phenoxy) is 1. The van der Waals surface area contributed by atoms with E-state index < -0.39 is 11.8 Å². The number of primary amides is 1. The first-order chi connectivity index (χ1) is 7.10. The van der Waals surface area contributed by atoms with Crippen molar-refractivity contribution in [3.8, 4) is 5.75 Å². The Kier molecular flexibility index (Phi) is 3.68. The predicted molar refractivity (Wildman–Crippen MR) is 58.7 cm³/mol. The predicted octanol–water partition coefficient (Wildman–Crippen LogP) is 0.531. The largest absolute Gasteiger partial charge is 0.496 e. The molecule has 1 aromatic carbocycles. The Morgan fingerprint density at radius 1 is 1.53 bits per heavy atom. The molecule has 0 saturated carbocycles. The SMILES string of the molecule is COc1ccc(C)cc1C(CN)C(N)=O. The number of hydrogen-bond acceptors (Lipinski definition) is 3. The van der Waals surface area contributed by atoms with E-state index in [9.17, 15) is 4.79 Å². The molecule has 0 spiro atoms. The van der Waals surface area contributed by atoms with Crippen LogP contribution in [0, 0.1) is 6.92 Å². The van der Waals surface area contributed by atoms with Gasteiger partial charge in [0.15, 0.2) is 0 Å². The Labute approximate surface area is 89.2 Å². The molecular formula is C11H16N2O2. The van der Waals surface area contributed by atoms with E-state index in [1.54, 1.807) is 7.11 Å². The van der Waals surface area contributed by atoms with Crippen LogP contribution in [0.3, 0.4) is 0 Å². The van der Waals surface area contributed by atoms with Crippen molar-refractivity contribution in [3.63, 3.8) is 0 Å². The summed E-state index contributed by atoms with van der Waals surface area (Å²) in [6.45, 7) is 2.13. The fourth-order valence-electron chi connectivity index (χ4n) is 1.52. The molecule has 4 N–H and O–H groups in total. The molecule has 0 aliphatic heterocycles. The Morgan fingerprint density at radius 3 is 2.67 bits per heavy atom. The Balaban J connectivity index is 3.19.